The largest absolute Gasteiger partial charge is 0.444 e. The Morgan fingerprint density at radius 1 is 1.24 bits per heavy atom. The van der Waals surface area contributed by atoms with Gasteiger partial charge in [-0.3, -0.25) is 4.99 Å². The number of piperidine rings is 1. The quantitative estimate of drug-likeness (QED) is 0.304. The van der Waals surface area contributed by atoms with E-state index in [9.17, 15) is 4.79 Å². The third-order valence-corrected chi connectivity index (χ3v) is 5.44. The maximum atomic E-state index is 12.2. The number of likely N-dealkylation sites (tertiary alicyclic amines) is 1. The summed E-state index contributed by atoms with van der Waals surface area (Å²) in [6.07, 6.45) is 5.65. The van der Waals surface area contributed by atoms with Crippen LogP contribution < -0.4 is 10.6 Å². The zero-order valence-corrected chi connectivity index (χ0v) is 21.5. The van der Waals surface area contributed by atoms with E-state index < -0.39 is 5.60 Å². The highest BCUT2D eigenvalue weighted by Gasteiger charge is 2.32. The molecule has 1 unspecified atom stereocenters. The van der Waals surface area contributed by atoms with Crippen LogP contribution in [-0.2, 0) is 4.74 Å². The van der Waals surface area contributed by atoms with Gasteiger partial charge in [0.25, 0.3) is 0 Å². The average Bonchev–Trinajstić information content (AvgIpc) is 3.45. The molecule has 7 nitrogen and oxygen atoms in total. The second kappa shape index (κ2) is 12.2. The molecule has 1 aliphatic carbocycles. The van der Waals surface area contributed by atoms with Crippen LogP contribution in [0.5, 0.6) is 0 Å². The Morgan fingerprint density at radius 3 is 2.38 bits per heavy atom. The van der Waals surface area contributed by atoms with Gasteiger partial charge in [-0.1, -0.05) is 0 Å². The lowest BCUT2D eigenvalue weighted by Crippen LogP contribution is -2.49. The van der Waals surface area contributed by atoms with Crippen LogP contribution in [0.4, 0.5) is 4.79 Å². The summed E-state index contributed by atoms with van der Waals surface area (Å²) in [5, 5.41) is 6.95. The number of ether oxygens (including phenoxy) is 1. The summed E-state index contributed by atoms with van der Waals surface area (Å²) >= 11 is 0. The molecule has 1 amide bonds. The van der Waals surface area contributed by atoms with Gasteiger partial charge in [0.15, 0.2) is 5.96 Å². The van der Waals surface area contributed by atoms with Gasteiger partial charge < -0.3 is 25.2 Å². The van der Waals surface area contributed by atoms with Crippen LogP contribution in [0.3, 0.4) is 0 Å². The highest BCUT2D eigenvalue weighted by atomic mass is 127. The highest BCUT2D eigenvalue weighted by molar-refractivity contribution is 14.0. The molecule has 0 aromatic carbocycles. The predicted octanol–water partition coefficient (Wildman–Crippen LogP) is 3.43. The zero-order valence-electron chi connectivity index (χ0n) is 19.2. The van der Waals surface area contributed by atoms with Crippen LogP contribution in [0.25, 0.3) is 0 Å². The number of hydrogen-bond donors (Lipinski definition) is 2. The van der Waals surface area contributed by atoms with Crippen LogP contribution in [0.1, 0.15) is 66.7 Å². The zero-order chi connectivity index (χ0) is 20.7. The van der Waals surface area contributed by atoms with Crippen molar-refractivity contribution in [2.45, 2.75) is 90.4 Å². The van der Waals surface area contributed by atoms with Crippen molar-refractivity contribution in [1.82, 2.24) is 20.4 Å². The summed E-state index contributed by atoms with van der Waals surface area (Å²) in [7, 11) is 1.79. The Morgan fingerprint density at radius 2 is 1.86 bits per heavy atom. The van der Waals surface area contributed by atoms with Crippen LogP contribution in [0.15, 0.2) is 4.99 Å². The summed E-state index contributed by atoms with van der Waals surface area (Å²) in [6, 6.07) is 1.43. The normalized spacial score (nSPS) is 19.9. The molecule has 8 heteroatoms. The first kappa shape index (κ1) is 26.3. The van der Waals surface area contributed by atoms with E-state index in [-0.39, 0.29) is 36.1 Å². The topological polar surface area (TPSA) is 69.2 Å². The molecule has 0 spiro atoms. The molecule has 29 heavy (non-hydrogen) atoms. The minimum Gasteiger partial charge on any atom is -0.444 e. The van der Waals surface area contributed by atoms with Crippen molar-refractivity contribution in [3.8, 4) is 0 Å². The monoisotopic (exact) mass is 523 g/mol. The summed E-state index contributed by atoms with van der Waals surface area (Å²) in [4.78, 5) is 21.2. The molecule has 0 bridgehead atoms. The molecule has 2 aliphatic rings. The van der Waals surface area contributed by atoms with E-state index in [1.807, 2.05) is 27.7 Å². The molecule has 1 saturated carbocycles. The number of halogens is 1. The molecule has 1 aliphatic heterocycles. The molecular formula is C21H42IN5O2. The Labute approximate surface area is 194 Å². The number of nitrogens with one attached hydrogen (secondary N) is 2. The van der Waals surface area contributed by atoms with Crippen molar-refractivity contribution in [3.05, 3.63) is 0 Å². The molecule has 1 saturated heterocycles. The number of nitrogens with zero attached hydrogens (tertiary/aromatic N) is 3. The number of carbonyl (C=O) groups is 1. The van der Waals surface area contributed by atoms with Gasteiger partial charge in [-0.15, -0.1) is 24.0 Å². The van der Waals surface area contributed by atoms with Gasteiger partial charge in [0.05, 0.1) is 0 Å². The predicted molar refractivity (Wildman–Crippen MR) is 130 cm³/mol. The Hall–Kier alpha value is -0.770. The van der Waals surface area contributed by atoms with Crippen LogP contribution in [0.2, 0.25) is 0 Å². The van der Waals surface area contributed by atoms with Crippen molar-refractivity contribution in [2.24, 2.45) is 4.99 Å². The van der Waals surface area contributed by atoms with Gasteiger partial charge in [0, 0.05) is 51.4 Å². The van der Waals surface area contributed by atoms with Crippen molar-refractivity contribution >= 4 is 36.0 Å². The van der Waals surface area contributed by atoms with E-state index in [2.05, 4.69) is 22.5 Å². The van der Waals surface area contributed by atoms with Gasteiger partial charge in [-0.2, -0.15) is 0 Å². The first-order chi connectivity index (χ1) is 13.2. The highest BCUT2D eigenvalue weighted by Crippen LogP contribution is 2.29. The first-order valence-corrected chi connectivity index (χ1v) is 10.9. The summed E-state index contributed by atoms with van der Waals surface area (Å²) in [5.41, 5.74) is -0.472. The fourth-order valence-electron chi connectivity index (χ4n) is 3.43. The van der Waals surface area contributed by atoms with E-state index >= 15 is 0 Å². The molecular weight excluding hydrogens is 481 g/mol. The van der Waals surface area contributed by atoms with E-state index in [0.717, 1.165) is 25.0 Å². The molecule has 0 aromatic rings. The lowest BCUT2D eigenvalue weighted by molar-refractivity contribution is 0.0231. The number of carbonyl (C=O) groups excluding carboxylic acids is 1. The van der Waals surface area contributed by atoms with Crippen LogP contribution in [0, 0.1) is 0 Å². The summed E-state index contributed by atoms with van der Waals surface area (Å²) < 4.78 is 5.44. The van der Waals surface area contributed by atoms with Gasteiger partial charge >= 0.3 is 6.09 Å². The molecule has 170 valence electrons. The fraction of sp³-hybridized carbons (Fsp3) is 0.905. The fourth-order valence-corrected chi connectivity index (χ4v) is 3.43. The molecule has 1 atom stereocenters. The van der Waals surface area contributed by atoms with E-state index in [1.54, 1.807) is 11.9 Å². The lowest BCUT2D eigenvalue weighted by atomic mass is 10.1. The van der Waals surface area contributed by atoms with Gasteiger partial charge in [0.2, 0.25) is 0 Å². The van der Waals surface area contributed by atoms with E-state index in [0.29, 0.717) is 12.6 Å². The lowest BCUT2D eigenvalue weighted by Gasteiger charge is -2.33. The summed E-state index contributed by atoms with van der Waals surface area (Å²) in [5.74, 6) is 0.888. The van der Waals surface area contributed by atoms with Crippen molar-refractivity contribution in [2.75, 3.05) is 33.2 Å². The minimum absolute atomic E-state index is 0. The average molecular weight is 524 g/mol. The van der Waals surface area contributed by atoms with E-state index in [1.165, 1.54) is 38.8 Å². The van der Waals surface area contributed by atoms with Crippen molar-refractivity contribution in [3.63, 3.8) is 0 Å². The van der Waals surface area contributed by atoms with Crippen LogP contribution in [-0.4, -0.2) is 78.8 Å². The summed E-state index contributed by atoms with van der Waals surface area (Å²) in [6.45, 7) is 13.7. The van der Waals surface area contributed by atoms with Gasteiger partial charge in [-0.05, 0) is 66.7 Å². The second-order valence-corrected chi connectivity index (χ2v) is 9.18. The van der Waals surface area contributed by atoms with Crippen molar-refractivity contribution in [1.29, 1.82) is 0 Å². The number of guanidine groups is 1. The van der Waals surface area contributed by atoms with Gasteiger partial charge in [0.1, 0.15) is 5.60 Å². The maximum absolute atomic E-state index is 12.2. The Kier molecular flexibility index (Phi) is 11.0. The minimum atomic E-state index is -0.472. The molecule has 2 fully saturated rings. The molecule has 2 N–H and O–H groups in total. The Balaban J connectivity index is 0.00000420. The third-order valence-electron chi connectivity index (χ3n) is 5.44. The maximum Gasteiger partial charge on any atom is 0.410 e. The molecule has 1 heterocycles. The van der Waals surface area contributed by atoms with E-state index in [4.69, 9.17) is 9.73 Å². The smallest absolute Gasteiger partial charge is 0.410 e. The molecule has 0 radical (unpaired) electrons. The standard InChI is InChI=1S/C21H41N5O2.HI/c1-7-22-19(24-17-11-14-26(15-12-17)18-8-9-18)23-13-10-16(2)25(6)20(27)28-21(3,4)5;/h16-18H,7-15H2,1-6H3,(H2,22,23,24);1H. The van der Waals surface area contributed by atoms with Gasteiger partial charge in [-0.25, -0.2) is 4.79 Å². The Bertz CT molecular complexity index is 526. The first-order valence-electron chi connectivity index (χ1n) is 10.9. The van der Waals surface area contributed by atoms with Crippen molar-refractivity contribution < 1.29 is 9.53 Å². The number of amides is 1. The number of hydrogen-bond acceptors (Lipinski definition) is 4. The number of rotatable bonds is 7. The number of aliphatic imine (C=N–C) groups is 1. The third kappa shape index (κ3) is 9.72. The SMILES string of the molecule is CCNC(=NCCC(C)N(C)C(=O)OC(C)(C)C)NC1CCN(C2CC2)CC1.I. The molecule has 2 rings (SSSR count). The van der Waals surface area contributed by atoms with Crippen LogP contribution >= 0.6 is 24.0 Å². The second-order valence-electron chi connectivity index (χ2n) is 9.18. The molecule has 0 aromatic heterocycles.